The number of carbonyl (C=O) groups is 2. The predicted octanol–water partition coefficient (Wildman–Crippen LogP) is -0.530. The van der Waals surface area contributed by atoms with Gasteiger partial charge in [0.15, 0.2) is 0 Å². The molecule has 3 unspecified atom stereocenters. The third-order valence-electron chi connectivity index (χ3n) is 4.33. The first-order valence-corrected chi connectivity index (χ1v) is 12.1. The summed E-state index contributed by atoms with van der Waals surface area (Å²) in [6.45, 7) is 3.08. The Balaban J connectivity index is 3.99. The fourth-order valence-electron chi connectivity index (χ4n) is 2.59. The summed E-state index contributed by atoms with van der Waals surface area (Å²) >= 11 is 16.7. The fraction of sp³-hybridized carbons (Fsp3) is 0.895. The second kappa shape index (κ2) is 20.2. The number of nitrogens with one attached hydrogen (secondary N) is 3. The largest absolute Gasteiger partial charge is 0.391 e. The van der Waals surface area contributed by atoms with E-state index in [1.54, 1.807) is 0 Å². The van der Waals surface area contributed by atoms with Gasteiger partial charge in [-0.15, -0.1) is 34.8 Å². The lowest BCUT2D eigenvalue weighted by Crippen LogP contribution is -2.43. The molecule has 0 aliphatic carbocycles. The summed E-state index contributed by atoms with van der Waals surface area (Å²) in [5.41, 5.74) is 0. The Labute approximate surface area is 199 Å². The van der Waals surface area contributed by atoms with Crippen LogP contribution in [0.2, 0.25) is 0 Å². The summed E-state index contributed by atoms with van der Waals surface area (Å²) in [5.74, 6) is 0.0791. The maximum absolute atomic E-state index is 12.0. The molecule has 0 saturated heterocycles. The molecule has 12 heteroatoms. The second-order valence-corrected chi connectivity index (χ2v) is 8.22. The molecule has 0 aromatic carbocycles. The molecule has 0 aromatic heterocycles. The van der Waals surface area contributed by atoms with Gasteiger partial charge in [0, 0.05) is 70.4 Å². The molecule has 0 spiro atoms. The standard InChI is InChI=1S/C19H37Cl3N4O5/c20-9-15(27)12-23-5-7-26(14-17(29)11-22)8-6-24-18(30)3-1-2-4-19(31)25-13-16(28)10-21/h15-17,23,27-29H,1-14H2,(H,24,30)(H,25,31). The molecule has 6 N–H and O–H groups in total. The van der Waals surface area contributed by atoms with Crippen molar-refractivity contribution in [3.63, 3.8) is 0 Å². The molecule has 2 amide bonds. The van der Waals surface area contributed by atoms with Gasteiger partial charge >= 0.3 is 0 Å². The lowest BCUT2D eigenvalue weighted by molar-refractivity contribution is -0.123. The van der Waals surface area contributed by atoms with Crippen molar-refractivity contribution in [3.8, 4) is 0 Å². The van der Waals surface area contributed by atoms with E-state index < -0.39 is 18.3 Å². The molecular weight excluding hydrogens is 471 g/mol. The first kappa shape index (κ1) is 30.6. The van der Waals surface area contributed by atoms with Gasteiger partial charge < -0.3 is 31.3 Å². The highest BCUT2D eigenvalue weighted by Crippen LogP contribution is 2.00. The highest BCUT2D eigenvalue weighted by Gasteiger charge is 2.12. The highest BCUT2D eigenvalue weighted by molar-refractivity contribution is 6.18. The number of unbranched alkanes of at least 4 members (excludes halogenated alkanes) is 1. The van der Waals surface area contributed by atoms with Gasteiger partial charge in [0.2, 0.25) is 11.8 Å². The Hall–Kier alpha value is -0.390. The summed E-state index contributed by atoms with van der Waals surface area (Å²) in [6, 6.07) is 0. The topological polar surface area (TPSA) is 134 Å². The van der Waals surface area contributed by atoms with E-state index in [-0.39, 0.29) is 42.4 Å². The summed E-state index contributed by atoms with van der Waals surface area (Å²) < 4.78 is 0. The molecule has 0 saturated carbocycles. The van der Waals surface area contributed by atoms with Gasteiger partial charge in [0.05, 0.1) is 24.2 Å². The van der Waals surface area contributed by atoms with E-state index in [9.17, 15) is 24.9 Å². The quantitative estimate of drug-likeness (QED) is 0.0963. The van der Waals surface area contributed by atoms with Crippen LogP contribution in [0, 0.1) is 0 Å². The van der Waals surface area contributed by atoms with Crippen LogP contribution in [0.5, 0.6) is 0 Å². The minimum absolute atomic E-state index is 0.0659. The van der Waals surface area contributed by atoms with Crippen molar-refractivity contribution in [2.45, 2.75) is 44.0 Å². The molecule has 0 fully saturated rings. The van der Waals surface area contributed by atoms with E-state index >= 15 is 0 Å². The van der Waals surface area contributed by atoms with E-state index in [4.69, 9.17) is 34.8 Å². The average Bonchev–Trinajstić information content (AvgIpc) is 2.77. The molecule has 0 radical (unpaired) electrons. The molecule has 0 aromatic rings. The number of aliphatic hydroxyl groups excluding tert-OH is 3. The van der Waals surface area contributed by atoms with Gasteiger partial charge in [-0.25, -0.2) is 0 Å². The number of halogens is 3. The molecule has 0 aliphatic rings. The number of hydrogen-bond acceptors (Lipinski definition) is 7. The van der Waals surface area contributed by atoms with Crippen molar-refractivity contribution < 1.29 is 24.9 Å². The molecule has 9 nitrogen and oxygen atoms in total. The van der Waals surface area contributed by atoms with Crippen molar-refractivity contribution >= 4 is 46.6 Å². The molecule has 0 heterocycles. The number of alkyl halides is 3. The number of hydrogen-bond donors (Lipinski definition) is 6. The fourth-order valence-corrected chi connectivity index (χ4v) is 2.90. The predicted molar refractivity (Wildman–Crippen MR) is 124 cm³/mol. The molecule has 31 heavy (non-hydrogen) atoms. The van der Waals surface area contributed by atoms with Gasteiger partial charge in [0.25, 0.3) is 0 Å². The molecule has 0 bridgehead atoms. The van der Waals surface area contributed by atoms with Crippen LogP contribution in [0.1, 0.15) is 25.7 Å². The van der Waals surface area contributed by atoms with Gasteiger partial charge in [0.1, 0.15) is 0 Å². The maximum atomic E-state index is 12.0. The van der Waals surface area contributed by atoms with E-state index in [1.807, 2.05) is 4.90 Å². The highest BCUT2D eigenvalue weighted by atomic mass is 35.5. The Morgan fingerprint density at radius 1 is 0.742 bits per heavy atom. The zero-order chi connectivity index (χ0) is 23.5. The van der Waals surface area contributed by atoms with Crippen LogP contribution in [0.15, 0.2) is 0 Å². The number of amides is 2. The van der Waals surface area contributed by atoms with Crippen LogP contribution in [-0.4, -0.2) is 114 Å². The smallest absolute Gasteiger partial charge is 0.220 e. The number of carbonyl (C=O) groups excluding carboxylic acids is 2. The monoisotopic (exact) mass is 506 g/mol. The molecule has 3 atom stereocenters. The number of nitrogens with zero attached hydrogens (tertiary/aromatic N) is 1. The van der Waals surface area contributed by atoms with Crippen LogP contribution in [0.25, 0.3) is 0 Å². The van der Waals surface area contributed by atoms with Crippen molar-refractivity contribution in [1.82, 2.24) is 20.9 Å². The summed E-state index contributed by atoms with van der Waals surface area (Å²) in [7, 11) is 0. The first-order valence-electron chi connectivity index (χ1n) is 10.5. The summed E-state index contributed by atoms with van der Waals surface area (Å²) in [5, 5.41) is 37.0. The minimum atomic E-state index is -0.755. The third-order valence-corrected chi connectivity index (χ3v) is 5.40. The number of rotatable bonds is 20. The van der Waals surface area contributed by atoms with Crippen LogP contribution in [0.4, 0.5) is 0 Å². The lowest BCUT2D eigenvalue weighted by atomic mass is 10.2. The van der Waals surface area contributed by atoms with Crippen molar-refractivity contribution in [2.24, 2.45) is 0 Å². The first-order chi connectivity index (χ1) is 14.8. The Morgan fingerprint density at radius 2 is 1.26 bits per heavy atom. The van der Waals surface area contributed by atoms with Gasteiger partial charge in [-0.3, -0.25) is 14.5 Å². The third kappa shape index (κ3) is 18.8. The van der Waals surface area contributed by atoms with E-state index in [0.717, 1.165) is 0 Å². The molecule has 184 valence electrons. The Kier molecular flexibility index (Phi) is 20.0. The molecular formula is C19H37Cl3N4O5. The van der Waals surface area contributed by atoms with E-state index in [0.29, 0.717) is 58.5 Å². The SMILES string of the molecule is O=C(CCCCC(=O)NCC(O)CCl)NCCN(CCNCC(O)CCl)CC(O)CCl. The van der Waals surface area contributed by atoms with Gasteiger partial charge in [-0.1, -0.05) is 0 Å². The van der Waals surface area contributed by atoms with Crippen LogP contribution in [0.3, 0.4) is 0 Å². The summed E-state index contributed by atoms with van der Waals surface area (Å²) in [6.07, 6.45) is -0.261. The molecule has 0 rings (SSSR count). The van der Waals surface area contributed by atoms with Gasteiger partial charge in [-0.05, 0) is 12.8 Å². The van der Waals surface area contributed by atoms with Gasteiger partial charge in [-0.2, -0.15) is 0 Å². The maximum Gasteiger partial charge on any atom is 0.220 e. The number of aliphatic hydroxyl groups is 3. The van der Waals surface area contributed by atoms with Crippen molar-refractivity contribution in [3.05, 3.63) is 0 Å². The van der Waals surface area contributed by atoms with Crippen molar-refractivity contribution in [1.29, 1.82) is 0 Å². The Morgan fingerprint density at radius 3 is 1.84 bits per heavy atom. The van der Waals surface area contributed by atoms with Crippen LogP contribution >= 0.6 is 34.8 Å². The van der Waals surface area contributed by atoms with E-state index in [1.165, 1.54) is 0 Å². The molecule has 0 aliphatic heterocycles. The second-order valence-electron chi connectivity index (χ2n) is 7.29. The zero-order valence-corrected chi connectivity index (χ0v) is 20.1. The average molecular weight is 508 g/mol. The zero-order valence-electron chi connectivity index (χ0n) is 17.9. The minimum Gasteiger partial charge on any atom is -0.391 e. The van der Waals surface area contributed by atoms with Crippen LogP contribution < -0.4 is 16.0 Å². The van der Waals surface area contributed by atoms with Crippen molar-refractivity contribution in [2.75, 3.05) is 63.5 Å². The normalized spacial score (nSPS) is 14.3. The Bertz CT molecular complexity index is 480. The van der Waals surface area contributed by atoms with E-state index in [2.05, 4.69) is 16.0 Å². The van der Waals surface area contributed by atoms with Crippen LogP contribution in [-0.2, 0) is 9.59 Å². The lowest BCUT2D eigenvalue weighted by Gasteiger charge is -2.25. The summed E-state index contributed by atoms with van der Waals surface area (Å²) in [4.78, 5) is 25.6.